The average molecular weight is 313 g/mol. The van der Waals surface area contributed by atoms with Gasteiger partial charge in [-0.25, -0.2) is 4.39 Å². The maximum absolute atomic E-state index is 14.0. The number of hydrogen-bond donors (Lipinski definition) is 1. The lowest BCUT2D eigenvalue weighted by Crippen LogP contribution is -2.33. The first-order valence-electron chi connectivity index (χ1n) is 8.14. The van der Waals surface area contributed by atoms with Crippen molar-refractivity contribution in [3.8, 4) is 0 Å². The van der Waals surface area contributed by atoms with E-state index in [0.717, 1.165) is 31.6 Å². The molecule has 0 amide bonds. The van der Waals surface area contributed by atoms with Crippen molar-refractivity contribution >= 4 is 11.6 Å². The van der Waals surface area contributed by atoms with E-state index in [1.165, 1.54) is 25.3 Å². The fraction of sp³-hybridized carbons (Fsp3) is 0.667. The van der Waals surface area contributed by atoms with Gasteiger partial charge in [0.1, 0.15) is 5.82 Å². The Bertz CT molecular complexity index is 432. The SMILES string of the molecule is CCCCC1CCC(CO)(Cc2c(F)cccc2Cl)CC1. The molecule has 0 unspecified atom stereocenters. The second-order valence-corrected chi connectivity index (χ2v) is 7.03. The highest BCUT2D eigenvalue weighted by molar-refractivity contribution is 6.31. The summed E-state index contributed by atoms with van der Waals surface area (Å²) in [7, 11) is 0. The van der Waals surface area contributed by atoms with E-state index in [4.69, 9.17) is 11.6 Å². The van der Waals surface area contributed by atoms with Crippen LogP contribution in [0, 0.1) is 17.2 Å². The largest absolute Gasteiger partial charge is 0.396 e. The van der Waals surface area contributed by atoms with Crippen molar-refractivity contribution in [1.82, 2.24) is 0 Å². The van der Waals surface area contributed by atoms with Gasteiger partial charge in [0, 0.05) is 17.2 Å². The molecule has 1 N–H and O–H groups in total. The van der Waals surface area contributed by atoms with Gasteiger partial charge in [0.05, 0.1) is 0 Å². The van der Waals surface area contributed by atoms with Crippen LogP contribution in [0.4, 0.5) is 4.39 Å². The average Bonchev–Trinajstić information content (AvgIpc) is 2.50. The first-order chi connectivity index (χ1) is 10.1. The number of aliphatic hydroxyl groups is 1. The highest BCUT2D eigenvalue weighted by Gasteiger charge is 2.35. The number of unbranched alkanes of at least 4 members (excludes halogenated alkanes) is 1. The van der Waals surface area contributed by atoms with Gasteiger partial charge in [-0.15, -0.1) is 0 Å². The highest BCUT2D eigenvalue weighted by atomic mass is 35.5. The summed E-state index contributed by atoms with van der Waals surface area (Å²) in [6, 6.07) is 4.82. The zero-order valence-electron chi connectivity index (χ0n) is 12.9. The zero-order chi connectivity index (χ0) is 15.3. The quantitative estimate of drug-likeness (QED) is 0.747. The molecule has 1 fully saturated rings. The molecule has 2 rings (SSSR count). The lowest BCUT2D eigenvalue weighted by atomic mass is 9.67. The predicted octanol–water partition coefficient (Wildman–Crippen LogP) is 5.38. The number of hydrogen-bond acceptors (Lipinski definition) is 1. The molecule has 0 atom stereocenters. The van der Waals surface area contributed by atoms with Crippen LogP contribution in [0.3, 0.4) is 0 Å². The van der Waals surface area contributed by atoms with Crippen molar-refractivity contribution in [3.05, 3.63) is 34.6 Å². The molecule has 0 bridgehead atoms. The number of aliphatic hydroxyl groups excluding tert-OH is 1. The monoisotopic (exact) mass is 312 g/mol. The molecule has 0 saturated heterocycles. The summed E-state index contributed by atoms with van der Waals surface area (Å²) in [5.41, 5.74) is 0.384. The molecule has 1 saturated carbocycles. The van der Waals surface area contributed by atoms with Crippen molar-refractivity contribution in [2.75, 3.05) is 6.61 Å². The van der Waals surface area contributed by atoms with Crippen molar-refractivity contribution in [1.29, 1.82) is 0 Å². The van der Waals surface area contributed by atoms with Crippen LogP contribution >= 0.6 is 11.6 Å². The first-order valence-corrected chi connectivity index (χ1v) is 8.52. The first kappa shape index (κ1) is 16.8. The molecule has 1 aliphatic carbocycles. The molecule has 1 nitrogen and oxygen atoms in total. The van der Waals surface area contributed by atoms with Crippen LogP contribution in [0.2, 0.25) is 5.02 Å². The van der Waals surface area contributed by atoms with Crippen molar-refractivity contribution in [2.45, 2.75) is 58.3 Å². The molecule has 1 aromatic rings. The van der Waals surface area contributed by atoms with Crippen LogP contribution in [0.15, 0.2) is 18.2 Å². The van der Waals surface area contributed by atoms with E-state index in [2.05, 4.69) is 6.92 Å². The summed E-state index contributed by atoms with van der Waals surface area (Å²) >= 11 is 6.14. The summed E-state index contributed by atoms with van der Waals surface area (Å²) in [5.74, 6) is 0.532. The Morgan fingerprint density at radius 2 is 2.05 bits per heavy atom. The molecule has 21 heavy (non-hydrogen) atoms. The van der Waals surface area contributed by atoms with Crippen molar-refractivity contribution in [2.24, 2.45) is 11.3 Å². The van der Waals surface area contributed by atoms with Crippen LogP contribution in [-0.4, -0.2) is 11.7 Å². The Kier molecular flexibility index (Phi) is 6.07. The molecular formula is C18H26ClFO. The van der Waals surface area contributed by atoms with Crippen LogP contribution in [0.5, 0.6) is 0 Å². The fourth-order valence-corrected chi connectivity index (χ4v) is 3.77. The normalized spacial score (nSPS) is 26.0. The summed E-state index contributed by atoms with van der Waals surface area (Å²) in [5, 5.41) is 10.4. The van der Waals surface area contributed by atoms with Gasteiger partial charge in [-0.05, 0) is 55.6 Å². The Balaban J connectivity index is 2.03. The number of rotatable bonds is 6. The molecular weight excluding hydrogens is 287 g/mol. The number of benzene rings is 1. The molecule has 0 radical (unpaired) electrons. The van der Waals surface area contributed by atoms with Crippen LogP contribution in [-0.2, 0) is 6.42 Å². The molecule has 0 spiro atoms. The van der Waals surface area contributed by atoms with Gasteiger partial charge in [-0.1, -0.05) is 43.9 Å². The van der Waals surface area contributed by atoms with Crippen LogP contribution in [0.25, 0.3) is 0 Å². The maximum Gasteiger partial charge on any atom is 0.127 e. The Labute approximate surface area is 132 Å². The topological polar surface area (TPSA) is 20.2 Å². The predicted molar refractivity (Wildman–Crippen MR) is 86.1 cm³/mol. The van der Waals surface area contributed by atoms with Gasteiger partial charge in [-0.2, -0.15) is 0 Å². The third kappa shape index (κ3) is 4.20. The Morgan fingerprint density at radius 1 is 1.33 bits per heavy atom. The molecule has 0 aliphatic heterocycles. The van der Waals surface area contributed by atoms with Crippen LogP contribution in [0.1, 0.15) is 57.4 Å². The Hall–Kier alpha value is -0.600. The summed E-state index contributed by atoms with van der Waals surface area (Å²) in [6.07, 6.45) is 8.61. The summed E-state index contributed by atoms with van der Waals surface area (Å²) in [4.78, 5) is 0. The lowest BCUT2D eigenvalue weighted by molar-refractivity contribution is 0.0614. The van der Waals surface area contributed by atoms with Gasteiger partial charge in [0.2, 0.25) is 0 Å². The summed E-state index contributed by atoms with van der Waals surface area (Å²) in [6.45, 7) is 2.35. The second kappa shape index (κ2) is 7.60. The van der Waals surface area contributed by atoms with Gasteiger partial charge in [0.15, 0.2) is 0 Å². The maximum atomic E-state index is 14.0. The fourth-order valence-electron chi connectivity index (χ4n) is 3.54. The van der Waals surface area contributed by atoms with E-state index in [-0.39, 0.29) is 17.8 Å². The number of halogens is 2. The molecule has 1 aromatic carbocycles. The molecule has 1 aliphatic rings. The molecule has 0 heterocycles. The van der Waals surface area contributed by atoms with Crippen molar-refractivity contribution < 1.29 is 9.50 Å². The van der Waals surface area contributed by atoms with Gasteiger partial charge in [0.25, 0.3) is 0 Å². The smallest absolute Gasteiger partial charge is 0.127 e. The third-order valence-corrected chi connectivity index (χ3v) is 5.43. The zero-order valence-corrected chi connectivity index (χ0v) is 13.6. The van der Waals surface area contributed by atoms with E-state index < -0.39 is 0 Å². The minimum Gasteiger partial charge on any atom is -0.396 e. The van der Waals surface area contributed by atoms with Crippen LogP contribution < -0.4 is 0 Å². The van der Waals surface area contributed by atoms with E-state index in [0.29, 0.717) is 17.0 Å². The second-order valence-electron chi connectivity index (χ2n) is 6.62. The molecule has 118 valence electrons. The van der Waals surface area contributed by atoms with E-state index in [9.17, 15) is 9.50 Å². The van der Waals surface area contributed by atoms with E-state index in [1.54, 1.807) is 12.1 Å². The molecule has 0 aromatic heterocycles. The standard InChI is InChI=1S/C18H26ClFO/c1-2-3-5-14-8-10-18(13-21,11-9-14)12-15-16(19)6-4-7-17(15)20/h4,6-7,14,21H,2-3,5,8-13H2,1H3. The van der Waals surface area contributed by atoms with E-state index in [1.807, 2.05) is 0 Å². The molecule has 3 heteroatoms. The van der Waals surface area contributed by atoms with E-state index >= 15 is 0 Å². The third-order valence-electron chi connectivity index (χ3n) is 5.08. The minimum atomic E-state index is -0.247. The van der Waals surface area contributed by atoms with Gasteiger partial charge in [-0.3, -0.25) is 0 Å². The van der Waals surface area contributed by atoms with Gasteiger partial charge >= 0.3 is 0 Å². The Morgan fingerprint density at radius 3 is 2.62 bits per heavy atom. The highest BCUT2D eigenvalue weighted by Crippen LogP contribution is 2.43. The summed E-state index contributed by atoms with van der Waals surface area (Å²) < 4.78 is 14.0. The lowest BCUT2D eigenvalue weighted by Gasteiger charge is -2.39. The van der Waals surface area contributed by atoms with Crippen molar-refractivity contribution in [3.63, 3.8) is 0 Å². The minimum absolute atomic E-state index is 0.123. The van der Waals surface area contributed by atoms with Gasteiger partial charge < -0.3 is 5.11 Å².